The Morgan fingerprint density at radius 3 is 2.32 bits per heavy atom. The predicted molar refractivity (Wildman–Crippen MR) is 78.4 cm³/mol. The third kappa shape index (κ3) is 11.0. The Morgan fingerprint density at radius 1 is 1.16 bits per heavy atom. The number of unbranched alkanes of at least 4 members (excludes halogenated alkanes) is 1. The molecule has 4 heteroatoms. The Kier molecular flexibility index (Phi) is 10.9. The lowest BCUT2D eigenvalue weighted by atomic mass is 10.1. The van der Waals surface area contributed by atoms with Crippen molar-refractivity contribution >= 4 is 5.97 Å². The molecule has 1 unspecified atom stereocenters. The first kappa shape index (κ1) is 18.4. The molecule has 0 radical (unpaired) electrons. The van der Waals surface area contributed by atoms with Crippen LogP contribution in [0.5, 0.6) is 0 Å². The first-order valence-corrected chi connectivity index (χ1v) is 7.50. The van der Waals surface area contributed by atoms with Gasteiger partial charge >= 0.3 is 5.97 Å². The van der Waals surface area contributed by atoms with Crippen molar-refractivity contribution in [1.82, 2.24) is 4.90 Å². The van der Waals surface area contributed by atoms with Crippen LogP contribution in [0.15, 0.2) is 0 Å². The van der Waals surface area contributed by atoms with Crippen LogP contribution in [0, 0.1) is 11.8 Å². The summed E-state index contributed by atoms with van der Waals surface area (Å²) in [5.74, 6) is -0.463. The van der Waals surface area contributed by atoms with Crippen molar-refractivity contribution in [3.05, 3.63) is 0 Å². The highest BCUT2D eigenvalue weighted by Gasteiger charge is 2.16. The van der Waals surface area contributed by atoms with E-state index in [0.717, 1.165) is 45.6 Å². The molecule has 0 aliphatic heterocycles. The third-order valence-corrected chi connectivity index (χ3v) is 2.98. The highest BCUT2D eigenvalue weighted by molar-refractivity contribution is 5.69. The summed E-state index contributed by atoms with van der Waals surface area (Å²) in [7, 11) is 0. The monoisotopic (exact) mass is 273 g/mol. The Hall–Kier alpha value is -0.610. The maximum absolute atomic E-state index is 10.9. The quantitative estimate of drug-likeness (QED) is 0.555. The standard InChI is InChI=1S/C15H31NO3/c1-5-6-9-19-10-7-8-16(11-13(2)3)12-14(4)15(17)18/h13-14H,5-12H2,1-4H3,(H,17,18). The van der Waals surface area contributed by atoms with E-state index in [1.165, 1.54) is 0 Å². The summed E-state index contributed by atoms with van der Waals surface area (Å²) >= 11 is 0. The molecule has 0 amide bonds. The van der Waals surface area contributed by atoms with Gasteiger partial charge in [0.1, 0.15) is 0 Å². The summed E-state index contributed by atoms with van der Waals surface area (Å²) in [6, 6.07) is 0. The van der Waals surface area contributed by atoms with E-state index in [2.05, 4.69) is 25.7 Å². The van der Waals surface area contributed by atoms with Crippen LogP contribution in [0.3, 0.4) is 0 Å². The van der Waals surface area contributed by atoms with E-state index in [9.17, 15) is 4.79 Å². The number of hydrogen-bond donors (Lipinski definition) is 1. The molecule has 0 heterocycles. The van der Waals surface area contributed by atoms with Gasteiger partial charge < -0.3 is 14.7 Å². The summed E-state index contributed by atoms with van der Waals surface area (Å²) in [5, 5.41) is 8.98. The molecular formula is C15H31NO3. The van der Waals surface area contributed by atoms with E-state index < -0.39 is 5.97 Å². The van der Waals surface area contributed by atoms with Gasteiger partial charge in [0.05, 0.1) is 5.92 Å². The molecule has 0 spiro atoms. The Bertz CT molecular complexity index is 231. The van der Waals surface area contributed by atoms with E-state index in [1.54, 1.807) is 6.92 Å². The van der Waals surface area contributed by atoms with Crippen molar-refractivity contribution < 1.29 is 14.6 Å². The molecule has 0 saturated carbocycles. The molecule has 0 saturated heterocycles. The number of carboxylic acid groups (broad SMARTS) is 1. The summed E-state index contributed by atoms with van der Waals surface area (Å²) in [5.41, 5.74) is 0. The third-order valence-electron chi connectivity index (χ3n) is 2.98. The SMILES string of the molecule is CCCCOCCCN(CC(C)C)CC(C)C(=O)O. The largest absolute Gasteiger partial charge is 0.481 e. The molecule has 19 heavy (non-hydrogen) atoms. The molecule has 0 aliphatic carbocycles. The fourth-order valence-corrected chi connectivity index (χ4v) is 1.98. The number of carboxylic acids is 1. The van der Waals surface area contributed by atoms with Crippen molar-refractivity contribution in [2.45, 2.75) is 47.0 Å². The van der Waals surface area contributed by atoms with E-state index in [4.69, 9.17) is 9.84 Å². The van der Waals surface area contributed by atoms with Crippen LogP contribution in [0.2, 0.25) is 0 Å². The maximum Gasteiger partial charge on any atom is 0.307 e. The van der Waals surface area contributed by atoms with Crippen LogP contribution in [0.1, 0.15) is 47.0 Å². The molecule has 0 fully saturated rings. The molecule has 0 aliphatic rings. The lowest BCUT2D eigenvalue weighted by Gasteiger charge is -2.25. The molecule has 1 N–H and O–H groups in total. The number of aliphatic carboxylic acids is 1. The minimum Gasteiger partial charge on any atom is -0.481 e. The molecule has 1 atom stereocenters. The zero-order valence-electron chi connectivity index (χ0n) is 13.0. The van der Waals surface area contributed by atoms with Gasteiger partial charge in [-0.05, 0) is 18.8 Å². The lowest BCUT2D eigenvalue weighted by molar-refractivity contribution is -0.141. The summed E-state index contributed by atoms with van der Waals surface area (Å²) in [6.45, 7) is 12.4. The first-order valence-electron chi connectivity index (χ1n) is 7.50. The Morgan fingerprint density at radius 2 is 1.79 bits per heavy atom. The van der Waals surface area contributed by atoms with Gasteiger partial charge in [-0.1, -0.05) is 34.1 Å². The molecule has 114 valence electrons. The minimum absolute atomic E-state index is 0.306. The molecule has 0 rings (SSSR count). The second-order valence-corrected chi connectivity index (χ2v) is 5.71. The molecular weight excluding hydrogens is 242 g/mol. The molecule has 4 nitrogen and oxygen atoms in total. The van der Waals surface area contributed by atoms with Crippen LogP contribution in [0.25, 0.3) is 0 Å². The number of nitrogens with zero attached hydrogens (tertiary/aromatic N) is 1. The van der Waals surface area contributed by atoms with E-state index >= 15 is 0 Å². The van der Waals surface area contributed by atoms with Crippen LogP contribution >= 0.6 is 0 Å². The van der Waals surface area contributed by atoms with Crippen LogP contribution in [0.4, 0.5) is 0 Å². The van der Waals surface area contributed by atoms with Crippen molar-refractivity contribution in [3.8, 4) is 0 Å². The normalized spacial score (nSPS) is 13.2. The van der Waals surface area contributed by atoms with Crippen molar-refractivity contribution in [2.75, 3.05) is 32.8 Å². The predicted octanol–water partition coefficient (Wildman–Crippen LogP) is 2.87. The highest BCUT2D eigenvalue weighted by atomic mass is 16.5. The fourth-order valence-electron chi connectivity index (χ4n) is 1.98. The van der Waals surface area contributed by atoms with Crippen LogP contribution in [-0.2, 0) is 9.53 Å². The topological polar surface area (TPSA) is 49.8 Å². The lowest BCUT2D eigenvalue weighted by Crippen LogP contribution is -2.35. The smallest absolute Gasteiger partial charge is 0.307 e. The van der Waals surface area contributed by atoms with Gasteiger partial charge in [-0.3, -0.25) is 4.79 Å². The van der Waals surface area contributed by atoms with Gasteiger partial charge in [-0.15, -0.1) is 0 Å². The number of ether oxygens (including phenoxy) is 1. The molecule has 0 aromatic carbocycles. The molecule has 0 aromatic rings. The second kappa shape index (κ2) is 11.2. The first-order chi connectivity index (χ1) is 8.97. The minimum atomic E-state index is -0.715. The maximum atomic E-state index is 10.9. The van der Waals surface area contributed by atoms with Gasteiger partial charge in [0.15, 0.2) is 0 Å². The Balaban J connectivity index is 3.89. The van der Waals surface area contributed by atoms with Gasteiger partial charge in [-0.25, -0.2) is 0 Å². The van der Waals surface area contributed by atoms with Crippen molar-refractivity contribution in [2.24, 2.45) is 11.8 Å². The van der Waals surface area contributed by atoms with Crippen molar-refractivity contribution in [3.63, 3.8) is 0 Å². The zero-order valence-corrected chi connectivity index (χ0v) is 13.0. The van der Waals surface area contributed by atoms with Gasteiger partial charge in [0.25, 0.3) is 0 Å². The molecule has 0 aromatic heterocycles. The average Bonchev–Trinajstić information content (AvgIpc) is 2.32. The highest BCUT2D eigenvalue weighted by Crippen LogP contribution is 2.06. The zero-order chi connectivity index (χ0) is 14.7. The average molecular weight is 273 g/mol. The molecule has 0 bridgehead atoms. The van der Waals surface area contributed by atoms with E-state index in [0.29, 0.717) is 12.5 Å². The van der Waals surface area contributed by atoms with E-state index in [1.807, 2.05) is 0 Å². The van der Waals surface area contributed by atoms with Crippen molar-refractivity contribution in [1.29, 1.82) is 0 Å². The van der Waals surface area contributed by atoms with E-state index in [-0.39, 0.29) is 5.92 Å². The van der Waals surface area contributed by atoms with Crippen LogP contribution < -0.4 is 0 Å². The number of rotatable bonds is 12. The Labute approximate surface area is 118 Å². The summed E-state index contributed by atoms with van der Waals surface area (Å²) in [6.07, 6.45) is 3.25. The fraction of sp³-hybridized carbons (Fsp3) is 0.933. The van der Waals surface area contributed by atoms with Gasteiger partial charge in [0.2, 0.25) is 0 Å². The second-order valence-electron chi connectivity index (χ2n) is 5.71. The number of hydrogen-bond acceptors (Lipinski definition) is 3. The summed E-state index contributed by atoms with van der Waals surface area (Å²) < 4.78 is 5.54. The van der Waals surface area contributed by atoms with Gasteiger partial charge in [-0.2, -0.15) is 0 Å². The van der Waals surface area contributed by atoms with Crippen LogP contribution in [-0.4, -0.2) is 48.8 Å². The van der Waals surface area contributed by atoms with Gasteiger partial charge in [0, 0.05) is 32.8 Å². The number of carbonyl (C=O) groups is 1. The summed E-state index contributed by atoms with van der Waals surface area (Å²) in [4.78, 5) is 13.2.